The molecule has 0 bridgehead atoms. The van der Waals surface area contributed by atoms with Crippen molar-refractivity contribution in [3.63, 3.8) is 0 Å². The minimum absolute atomic E-state index is 0.0391. The molecule has 2 heterocycles. The van der Waals surface area contributed by atoms with Crippen LogP contribution >= 0.6 is 0 Å². The lowest BCUT2D eigenvalue weighted by atomic mass is 9.83. The molecule has 3 rings (SSSR count). The third kappa shape index (κ3) is 3.98. The lowest BCUT2D eigenvalue weighted by Gasteiger charge is -2.36. The minimum atomic E-state index is -0.663. The van der Waals surface area contributed by atoms with E-state index in [1.807, 2.05) is 4.90 Å². The minimum Gasteiger partial charge on any atom is -0.338 e. The number of nitriles is 1. The summed E-state index contributed by atoms with van der Waals surface area (Å²) < 4.78 is 0. The van der Waals surface area contributed by atoms with E-state index in [0.717, 1.165) is 70.9 Å². The van der Waals surface area contributed by atoms with E-state index in [1.54, 1.807) is 6.92 Å². The molecule has 1 aliphatic carbocycles. The second kappa shape index (κ2) is 7.74. The maximum absolute atomic E-state index is 12.6. The van der Waals surface area contributed by atoms with Crippen LogP contribution in [0.1, 0.15) is 64.7 Å². The van der Waals surface area contributed by atoms with Crippen LogP contribution in [0.4, 0.5) is 0 Å². The van der Waals surface area contributed by atoms with Crippen molar-refractivity contribution in [1.82, 2.24) is 15.1 Å². The van der Waals surface area contributed by atoms with Crippen LogP contribution in [0.15, 0.2) is 0 Å². The average Bonchev–Trinajstić information content (AvgIpc) is 3.24. The van der Waals surface area contributed by atoms with Gasteiger partial charge in [-0.1, -0.05) is 19.3 Å². The van der Waals surface area contributed by atoms with Crippen molar-refractivity contribution in [2.75, 3.05) is 19.6 Å². The number of hydrogen-bond acceptors (Lipinski definition) is 4. The topological polar surface area (TPSA) is 76.4 Å². The SMILES string of the molecule is CC(=O)N1CCC[C@H]1[C@@H]1CCCN1CC(=O)NC1(C#N)CCCCC1. The number of hydrogen-bond donors (Lipinski definition) is 1. The number of nitrogens with zero attached hydrogens (tertiary/aromatic N) is 3. The normalized spacial score (nSPS) is 29.4. The summed E-state index contributed by atoms with van der Waals surface area (Å²) >= 11 is 0. The number of rotatable bonds is 4. The zero-order valence-corrected chi connectivity index (χ0v) is 15.3. The standard InChI is InChI=1S/C19H30N4O2/c1-15(24)23-12-6-8-17(23)16-7-5-11-22(16)13-18(25)21-19(14-20)9-3-2-4-10-19/h16-17H,2-13H2,1H3,(H,21,25)/t16-,17-/m0/s1. The van der Waals surface area contributed by atoms with Crippen molar-refractivity contribution < 1.29 is 9.59 Å². The van der Waals surface area contributed by atoms with E-state index in [1.165, 1.54) is 0 Å². The van der Waals surface area contributed by atoms with Gasteiger partial charge in [-0.15, -0.1) is 0 Å². The van der Waals surface area contributed by atoms with E-state index in [0.29, 0.717) is 6.54 Å². The highest BCUT2D eigenvalue weighted by atomic mass is 16.2. The summed E-state index contributed by atoms with van der Waals surface area (Å²) in [6.07, 6.45) is 8.90. The quantitative estimate of drug-likeness (QED) is 0.842. The molecule has 2 saturated heterocycles. The summed E-state index contributed by atoms with van der Waals surface area (Å²) in [4.78, 5) is 28.7. The van der Waals surface area contributed by atoms with Gasteiger partial charge in [0.1, 0.15) is 5.54 Å². The number of likely N-dealkylation sites (tertiary alicyclic amines) is 2. The molecule has 25 heavy (non-hydrogen) atoms. The fraction of sp³-hybridized carbons (Fsp3) is 0.842. The van der Waals surface area contributed by atoms with Crippen molar-refractivity contribution in [3.8, 4) is 6.07 Å². The van der Waals surface area contributed by atoms with Gasteiger partial charge in [-0.2, -0.15) is 5.26 Å². The molecule has 0 spiro atoms. The highest BCUT2D eigenvalue weighted by Crippen LogP contribution is 2.31. The summed E-state index contributed by atoms with van der Waals surface area (Å²) in [5.74, 6) is 0.104. The largest absolute Gasteiger partial charge is 0.338 e. The predicted molar refractivity (Wildman–Crippen MR) is 94.6 cm³/mol. The third-order valence-electron chi connectivity index (χ3n) is 6.21. The second-order valence-electron chi connectivity index (χ2n) is 7.90. The van der Waals surface area contributed by atoms with Crippen LogP contribution in [-0.2, 0) is 9.59 Å². The van der Waals surface area contributed by atoms with Gasteiger partial charge in [-0.3, -0.25) is 14.5 Å². The summed E-state index contributed by atoms with van der Waals surface area (Å²) in [6.45, 7) is 3.73. The summed E-state index contributed by atoms with van der Waals surface area (Å²) in [6, 6.07) is 2.88. The summed E-state index contributed by atoms with van der Waals surface area (Å²) in [7, 11) is 0. The van der Waals surface area contributed by atoms with Gasteiger partial charge in [0, 0.05) is 25.6 Å². The van der Waals surface area contributed by atoms with Gasteiger partial charge in [-0.05, 0) is 45.1 Å². The van der Waals surface area contributed by atoms with Gasteiger partial charge < -0.3 is 10.2 Å². The van der Waals surface area contributed by atoms with Crippen molar-refractivity contribution in [1.29, 1.82) is 5.26 Å². The van der Waals surface area contributed by atoms with Gasteiger partial charge in [0.05, 0.1) is 12.6 Å². The first-order chi connectivity index (χ1) is 12.0. The van der Waals surface area contributed by atoms with Crippen LogP contribution in [0.5, 0.6) is 0 Å². The predicted octanol–water partition coefficient (Wildman–Crippen LogP) is 1.80. The van der Waals surface area contributed by atoms with E-state index in [-0.39, 0.29) is 23.9 Å². The fourth-order valence-corrected chi connectivity index (χ4v) is 4.98. The Labute approximate surface area is 150 Å². The van der Waals surface area contributed by atoms with Crippen molar-refractivity contribution >= 4 is 11.8 Å². The van der Waals surface area contributed by atoms with E-state index in [2.05, 4.69) is 16.3 Å². The van der Waals surface area contributed by atoms with Crippen LogP contribution in [0, 0.1) is 11.3 Å². The van der Waals surface area contributed by atoms with Crippen LogP contribution in [0.2, 0.25) is 0 Å². The van der Waals surface area contributed by atoms with Crippen LogP contribution < -0.4 is 5.32 Å². The smallest absolute Gasteiger partial charge is 0.235 e. The van der Waals surface area contributed by atoms with Gasteiger partial charge >= 0.3 is 0 Å². The van der Waals surface area contributed by atoms with Crippen LogP contribution in [-0.4, -0.2) is 58.9 Å². The van der Waals surface area contributed by atoms with Gasteiger partial charge in [0.25, 0.3) is 0 Å². The maximum atomic E-state index is 12.6. The monoisotopic (exact) mass is 346 g/mol. The molecule has 1 N–H and O–H groups in total. The molecule has 3 aliphatic rings. The van der Waals surface area contributed by atoms with E-state index in [4.69, 9.17) is 0 Å². The molecule has 2 amide bonds. The Morgan fingerprint density at radius 2 is 1.76 bits per heavy atom. The molecule has 6 nitrogen and oxygen atoms in total. The first kappa shape index (κ1) is 18.2. The molecule has 138 valence electrons. The summed E-state index contributed by atoms with van der Waals surface area (Å²) in [5, 5.41) is 12.6. The molecule has 0 radical (unpaired) electrons. The van der Waals surface area contributed by atoms with Gasteiger partial charge in [-0.25, -0.2) is 0 Å². The molecule has 6 heteroatoms. The first-order valence-electron chi connectivity index (χ1n) is 9.78. The van der Waals surface area contributed by atoms with E-state index in [9.17, 15) is 14.9 Å². The van der Waals surface area contributed by atoms with E-state index >= 15 is 0 Å². The highest BCUT2D eigenvalue weighted by molar-refractivity contribution is 5.79. The lowest BCUT2D eigenvalue weighted by Crippen LogP contribution is -2.54. The van der Waals surface area contributed by atoms with Crippen molar-refractivity contribution in [2.45, 2.75) is 82.3 Å². The molecular weight excluding hydrogens is 316 g/mol. The molecular formula is C19H30N4O2. The molecule has 0 aromatic heterocycles. The Hall–Kier alpha value is -1.61. The molecule has 3 fully saturated rings. The molecule has 0 aromatic carbocycles. The Bertz CT molecular complexity index is 550. The molecule has 2 aliphatic heterocycles. The fourth-order valence-electron chi connectivity index (χ4n) is 4.98. The Morgan fingerprint density at radius 1 is 1.08 bits per heavy atom. The van der Waals surface area contributed by atoms with Crippen molar-refractivity contribution in [2.24, 2.45) is 0 Å². The Kier molecular flexibility index (Phi) is 5.63. The number of amides is 2. The Balaban J connectivity index is 1.60. The molecule has 0 unspecified atom stereocenters. The molecule has 1 saturated carbocycles. The van der Waals surface area contributed by atoms with Crippen molar-refractivity contribution in [3.05, 3.63) is 0 Å². The van der Waals surface area contributed by atoms with Gasteiger partial charge in [0.2, 0.25) is 11.8 Å². The van der Waals surface area contributed by atoms with E-state index < -0.39 is 5.54 Å². The molecule has 2 atom stereocenters. The lowest BCUT2D eigenvalue weighted by molar-refractivity contribution is -0.130. The third-order valence-corrected chi connectivity index (χ3v) is 6.21. The number of carbonyl (C=O) groups is 2. The highest BCUT2D eigenvalue weighted by Gasteiger charge is 2.40. The van der Waals surface area contributed by atoms with Crippen LogP contribution in [0.25, 0.3) is 0 Å². The number of carbonyl (C=O) groups excluding carboxylic acids is 2. The van der Waals surface area contributed by atoms with Crippen LogP contribution in [0.3, 0.4) is 0 Å². The molecule has 0 aromatic rings. The Morgan fingerprint density at radius 3 is 2.44 bits per heavy atom. The number of nitrogens with one attached hydrogen (secondary N) is 1. The second-order valence-corrected chi connectivity index (χ2v) is 7.90. The first-order valence-corrected chi connectivity index (χ1v) is 9.78. The van der Waals surface area contributed by atoms with Gasteiger partial charge in [0.15, 0.2) is 0 Å². The zero-order valence-electron chi connectivity index (χ0n) is 15.3. The maximum Gasteiger partial charge on any atom is 0.235 e. The zero-order chi connectivity index (χ0) is 17.9. The average molecular weight is 346 g/mol. The summed E-state index contributed by atoms with van der Waals surface area (Å²) in [5.41, 5.74) is -0.663.